The predicted octanol–water partition coefficient (Wildman–Crippen LogP) is 3.66. The van der Waals surface area contributed by atoms with Crippen molar-refractivity contribution in [2.24, 2.45) is 0 Å². The zero-order valence-corrected chi connectivity index (χ0v) is 12.7. The van der Waals surface area contributed by atoms with Gasteiger partial charge in [0.05, 0.1) is 10.6 Å². The Balaban J connectivity index is 1.55. The average molecular weight is 298 g/mol. The van der Waals surface area contributed by atoms with Crippen LogP contribution in [0.2, 0.25) is 0 Å². The Morgan fingerprint density at radius 1 is 1.19 bits per heavy atom. The third kappa shape index (κ3) is 2.38. The summed E-state index contributed by atoms with van der Waals surface area (Å²) in [5.41, 5.74) is 2.45. The predicted molar refractivity (Wildman–Crippen MR) is 85.4 cm³/mol. The van der Waals surface area contributed by atoms with Gasteiger partial charge >= 0.3 is 0 Å². The molecule has 1 saturated heterocycles. The summed E-state index contributed by atoms with van der Waals surface area (Å²) in [5, 5.41) is 1.05. The average Bonchev–Trinajstić information content (AvgIpc) is 3.15. The van der Waals surface area contributed by atoms with Crippen LogP contribution in [0.4, 0.5) is 5.13 Å². The lowest BCUT2D eigenvalue weighted by atomic mass is 9.99. The van der Waals surface area contributed by atoms with Crippen molar-refractivity contribution in [1.29, 1.82) is 0 Å². The number of fused-ring (bicyclic) bond motifs is 1. The molecule has 0 bridgehead atoms. The molecule has 2 aromatic rings. The first kappa shape index (κ1) is 13.0. The molecule has 2 aliphatic rings. The van der Waals surface area contributed by atoms with Crippen molar-refractivity contribution in [3.05, 3.63) is 46.5 Å². The molecule has 1 unspecified atom stereocenters. The number of benzene rings is 1. The van der Waals surface area contributed by atoms with Crippen molar-refractivity contribution < 1.29 is 4.79 Å². The molecule has 0 N–H and O–H groups in total. The molecule has 3 nitrogen and oxygen atoms in total. The fourth-order valence-electron chi connectivity index (χ4n) is 3.32. The van der Waals surface area contributed by atoms with Gasteiger partial charge in [0, 0.05) is 25.4 Å². The van der Waals surface area contributed by atoms with Gasteiger partial charge in [-0.3, -0.25) is 4.79 Å². The molecule has 0 radical (unpaired) electrons. The first-order chi connectivity index (χ1) is 10.3. The molecular weight excluding hydrogens is 280 g/mol. The molecule has 1 aliphatic heterocycles. The number of Topliss-reactive ketones (excluding diaryl/α,β-unsaturated/α-hetero) is 1. The zero-order chi connectivity index (χ0) is 14.2. The number of aryl methyl sites for hydroxylation is 1. The van der Waals surface area contributed by atoms with Gasteiger partial charge < -0.3 is 4.90 Å². The maximum atomic E-state index is 12.0. The highest BCUT2D eigenvalue weighted by molar-refractivity contribution is 7.17. The summed E-state index contributed by atoms with van der Waals surface area (Å²) in [6.07, 6.45) is 3.79. The second-order valence-corrected chi connectivity index (χ2v) is 6.87. The van der Waals surface area contributed by atoms with Crippen LogP contribution in [0.5, 0.6) is 0 Å². The van der Waals surface area contributed by atoms with E-state index in [1.54, 1.807) is 11.3 Å². The Morgan fingerprint density at radius 2 is 2.05 bits per heavy atom. The number of ketones is 1. The van der Waals surface area contributed by atoms with Crippen LogP contribution in [-0.2, 0) is 6.42 Å². The number of thiazole rings is 1. The van der Waals surface area contributed by atoms with Crippen molar-refractivity contribution in [1.82, 2.24) is 4.98 Å². The van der Waals surface area contributed by atoms with Crippen LogP contribution >= 0.6 is 11.3 Å². The van der Waals surface area contributed by atoms with E-state index < -0.39 is 0 Å². The van der Waals surface area contributed by atoms with Crippen molar-refractivity contribution in [3.8, 4) is 0 Å². The summed E-state index contributed by atoms with van der Waals surface area (Å²) in [6.45, 7) is 2.06. The van der Waals surface area contributed by atoms with Gasteiger partial charge in [-0.2, -0.15) is 0 Å². The molecule has 1 aliphatic carbocycles. The van der Waals surface area contributed by atoms with Crippen molar-refractivity contribution in [3.63, 3.8) is 0 Å². The monoisotopic (exact) mass is 298 g/mol. The van der Waals surface area contributed by atoms with Crippen LogP contribution in [0.25, 0.3) is 0 Å². The van der Waals surface area contributed by atoms with E-state index >= 15 is 0 Å². The van der Waals surface area contributed by atoms with E-state index in [0.717, 1.165) is 41.6 Å². The number of hydrogen-bond acceptors (Lipinski definition) is 4. The highest BCUT2D eigenvalue weighted by Crippen LogP contribution is 2.36. The highest BCUT2D eigenvalue weighted by Gasteiger charge is 2.29. The number of aromatic nitrogens is 1. The van der Waals surface area contributed by atoms with Crippen LogP contribution in [-0.4, -0.2) is 23.9 Å². The molecule has 0 amide bonds. The van der Waals surface area contributed by atoms with E-state index in [-0.39, 0.29) is 0 Å². The summed E-state index contributed by atoms with van der Waals surface area (Å²) in [7, 11) is 0. The molecule has 1 atom stereocenters. The molecule has 0 saturated carbocycles. The smallest absolute Gasteiger partial charge is 0.186 e. The van der Waals surface area contributed by atoms with Gasteiger partial charge in [-0.1, -0.05) is 41.7 Å². The molecule has 0 spiro atoms. The topological polar surface area (TPSA) is 33.2 Å². The Hall–Kier alpha value is -1.68. The molecule has 21 heavy (non-hydrogen) atoms. The lowest BCUT2D eigenvalue weighted by molar-refractivity contribution is 0.0976. The first-order valence-electron chi connectivity index (χ1n) is 7.64. The quantitative estimate of drug-likeness (QED) is 0.848. The Morgan fingerprint density at radius 3 is 2.86 bits per heavy atom. The SMILES string of the molecule is O=C1CCCc2nc(N3CCC(c4ccccc4)C3)sc21. The number of rotatable bonds is 2. The van der Waals surface area contributed by atoms with E-state index in [0.29, 0.717) is 18.1 Å². The van der Waals surface area contributed by atoms with E-state index in [1.165, 1.54) is 12.0 Å². The Kier molecular flexibility index (Phi) is 3.26. The number of carbonyl (C=O) groups excluding carboxylic acids is 1. The van der Waals surface area contributed by atoms with Crippen LogP contribution in [0, 0.1) is 0 Å². The molecular formula is C17H18N2OS. The summed E-state index contributed by atoms with van der Waals surface area (Å²) >= 11 is 1.60. The van der Waals surface area contributed by atoms with Crippen LogP contribution in [0.15, 0.2) is 30.3 Å². The number of anilines is 1. The van der Waals surface area contributed by atoms with Gasteiger partial charge in [-0.05, 0) is 24.8 Å². The number of hydrogen-bond donors (Lipinski definition) is 0. The maximum absolute atomic E-state index is 12.0. The summed E-state index contributed by atoms with van der Waals surface area (Å²) in [6, 6.07) is 10.7. The summed E-state index contributed by atoms with van der Waals surface area (Å²) in [4.78, 5) is 20.0. The van der Waals surface area contributed by atoms with Crippen LogP contribution in [0.3, 0.4) is 0 Å². The van der Waals surface area contributed by atoms with E-state index in [4.69, 9.17) is 4.98 Å². The van der Waals surface area contributed by atoms with E-state index in [2.05, 4.69) is 35.2 Å². The molecule has 4 heteroatoms. The lowest BCUT2D eigenvalue weighted by Gasteiger charge is -2.15. The fraction of sp³-hybridized carbons (Fsp3) is 0.412. The highest BCUT2D eigenvalue weighted by atomic mass is 32.1. The lowest BCUT2D eigenvalue weighted by Crippen LogP contribution is -2.18. The third-order valence-corrected chi connectivity index (χ3v) is 5.69. The van der Waals surface area contributed by atoms with Gasteiger partial charge in [0.1, 0.15) is 0 Å². The third-order valence-electron chi connectivity index (χ3n) is 4.49. The largest absolute Gasteiger partial charge is 0.347 e. The zero-order valence-electron chi connectivity index (χ0n) is 11.9. The van der Waals surface area contributed by atoms with Gasteiger partial charge in [-0.15, -0.1) is 0 Å². The molecule has 108 valence electrons. The molecule has 1 aromatic carbocycles. The van der Waals surface area contributed by atoms with Crippen molar-refractivity contribution >= 4 is 22.3 Å². The number of nitrogens with zero attached hydrogens (tertiary/aromatic N) is 2. The normalized spacial score (nSPS) is 21.6. The second kappa shape index (κ2) is 5.26. The molecule has 4 rings (SSSR count). The maximum Gasteiger partial charge on any atom is 0.186 e. The molecule has 1 aromatic heterocycles. The van der Waals surface area contributed by atoms with Gasteiger partial charge in [0.25, 0.3) is 0 Å². The molecule has 2 heterocycles. The van der Waals surface area contributed by atoms with Crippen molar-refractivity contribution in [2.45, 2.75) is 31.6 Å². The van der Waals surface area contributed by atoms with Crippen LogP contribution < -0.4 is 4.90 Å². The fourth-order valence-corrected chi connectivity index (χ4v) is 4.44. The van der Waals surface area contributed by atoms with Gasteiger partial charge in [-0.25, -0.2) is 4.98 Å². The van der Waals surface area contributed by atoms with E-state index in [9.17, 15) is 4.79 Å². The molecule has 1 fully saturated rings. The minimum atomic E-state index is 0.291. The van der Waals surface area contributed by atoms with Crippen LogP contribution in [0.1, 0.15) is 46.1 Å². The second-order valence-electron chi connectivity index (χ2n) is 5.89. The minimum Gasteiger partial charge on any atom is -0.347 e. The minimum absolute atomic E-state index is 0.291. The van der Waals surface area contributed by atoms with Gasteiger partial charge in [0.2, 0.25) is 0 Å². The Labute approximate surface area is 128 Å². The number of carbonyl (C=O) groups is 1. The first-order valence-corrected chi connectivity index (χ1v) is 8.46. The van der Waals surface area contributed by atoms with Crippen molar-refractivity contribution in [2.75, 3.05) is 18.0 Å². The standard InChI is InChI=1S/C17H18N2OS/c20-15-8-4-7-14-16(15)21-17(18-14)19-10-9-13(11-19)12-5-2-1-3-6-12/h1-3,5-6,13H,4,7-11H2. The van der Waals surface area contributed by atoms with E-state index in [1.807, 2.05) is 0 Å². The Bertz CT molecular complexity index is 665. The van der Waals surface area contributed by atoms with Gasteiger partial charge in [0.15, 0.2) is 10.9 Å². The summed E-state index contributed by atoms with van der Waals surface area (Å²) < 4.78 is 0. The summed E-state index contributed by atoms with van der Waals surface area (Å²) in [5.74, 6) is 0.877.